The Bertz CT molecular complexity index is 841. The molecule has 0 radical (unpaired) electrons. The van der Waals surface area contributed by atoms with Crippen molar-refractivity contribution in [3.8, 4) is 5.75 Å². The van der Waals surface area contributed by atoms with Crippen LogP contribution in [-0.2, 0) is 4.79 Å². The van der Waals surface area contributed by atoms with Gasteiger partial charge in [-0.05, 0) is 32.0 Å². The lowest BCUT2D eigenvalue weighted by Crippen LogP contribution is -2.29. The van der Waals surface area contributed by atoms with Crippen molar-refractivity contribution in [3.05, 3.63) is 77.4 Å². The Labute approximate surface area is 140 Å². The molecule has 1 aliphatic heterocycles. The van der Waals surface area contributed by atoms with Crippen molar-refractivity contribution in [2.24, 2.45) is 0 Å². The number of carboxylic acid groups (broad SMARTS) is 1. The van der Waals surface area contributed by atoms with E-state index in [-0.39, 0.29) is 11.3 Å². The minimum absolute atomic E-state index is 0.0907. The van der Waals surface area contributed by atoms with E-state index in [9.17, 15) is 15.0 Å². The minimum atomic E-state index is -1.00. The number of nitrogens with zero attached hydrogens (tertiary/aromatic N) is 2. The number of carboxylic acids is 1. The molecular weight excluding hydrogens is 304 g/mol. The zero-order chi connectivity index (χ0) is 17.3. The second-order valence-corrected chi connectivity index (χ2v) is 5.70. The first-order valence-corrected chi connectivity index (χ1v) is 7.61. The SMILES string of the molecule is CC1=CC(c2ccccc2O)C(C(=O)O)=C(C)N1c1cccnc1. The Morgan fingerprint density at radius 2 is 1.92 bits per heavy atom. The summed E-state index contributed by atoms with van der Waals surface area (Å²) in [6.45, 7) is 3.70. The van der Waals surface area contributed by atoms with Gasteiger partial charge >= 0.3 is 5.97 Å². The molecule has 2 N–H and O–H groups in total. The lowest BCUT2D eigenvalue weighted by molar-refractivity contribution is -0.132. The summed E-state index contributed by atoms with van der Waals surface area (Å²) in [6.07, 6.45) is 5.23. The van der Waals surface area contributed by atoms with E-state index in [0.717, 1.165) is 11.4 Å². The van der Waals surface area contributed by atoms with E-state index in [0.29, 0.717) is 11.3 Å². The molecular formula is C19H18N2O3. The van der Waals surface area contributed by atoms with Gasteiger partial charge in [0.25, 0.3) is 0 Å². The summed E-state index contributed by atoms with van der Waals surface area (Å²) in [5.74, 6) is -1.41. The van der Waals surface area contributed by atoms with E-state index >= 15 is 0 Å². The summed E-state index contributed by atoms with van der Waals surface area (Å²) in [7, 11) is 0. The number of anilines is 1. The summed E-state index contributed by atoms with van der Waals surface area (Å²) in [6, 6.07) is 10.5. The maximum atomic E-state index is 11.9. The third-order valence-electron chi connectivity index (χ3n) is 4.20. The predicted octanol–water partition coefficient (Wildman–Crippen LogP) is 3.65. The first kappa shape index (κ1) is 15.8. The maximum Gasteiger partial charge on any atom is 0.334 e. The van der Waals surface area contributed by atoms with Crippen LogP contribution in [0.25, 0.3) is 0 Å². The van der Waals surface area contributed by atoms with Gasteiger partial charge in [-0.1, -0.05) is 24.3 Å². The van der Waals surface area contributed by atoms with Gasteiger partial charge in [0.05, 0.1) is 17.5 Å². The molecule has 122 valence electrons. The highest BCUT2D eigenvalue weighted by molar-refractivity contribution is 5.92. The Morgan fingerprint density at radius 3 is 2.54 bits per heavy atom. The topological polar surface area (TPSA) is 73.7 Å². The van der Waals surface area contributed by atoms with Gasteiger partial charge in [0.1, 0.15) is 5.75 Å². The standard InChI is InChI=1S/C19H18N2O3/c1-12-10-16(15-7-3-4-8-17(15)22)18(19(23)24)13(2)21(12)14-6-5-9-20-11-14/h3-11,16,22H,1-2H3,(H,23,24). The normalized spacial score (nSPS) is 17.7. The van der Waals surface area contributed by atoms with Gasteiger partial charge in [0.2, 0.25) is 0 Å². The van der Waals surface area contributed by atoms with Gasteiger partial charge in [-0.3, -0.25) is 4.98 Å². The van der Waals surface area contributed by atoms with E-state index in [1.54, 1.807) is 43.6 Å². The first-order chi connectivity index (χ1) is 11.5. The fraction of sp³-hybridized carbons (Fsp3) is 0.158. The first-order valence-electron chi connectivity index (χ1n) is 7.61. The van der Waals surface area contributed by atoms with E-state index in [1.807, 2.05) is 30.0 Å². The molecule has 0 aliphatic carbocycles. The van der Waals surface area contributed by atoms with Gasteiger partial charge in [-0.15, -0.1) is 0 Å². The highest BCUT2D eigenvalue weighted by atomic mass is 16.4. The van der Waals surface area contributed by atoms with Crippen molar-refractivity contribution < 1.29 is 15.0 Å². The van der Waals surface area contributed by atoms with Crippen LogP contribution in [-0.4, -0.2) is 21.2 Å². The number of carbonyl (C=O) groups is 1. The number of rotatable bonds is 3. The highest BCUT2D eigenvalue weighted by Crippen LogP contribution is 2.41. The predicted molar refractivity (Wildman–Crippen MR) is 91.7 cm³/mol. The number of pyridine rings is 1. The van der Waals surface area contributed by atoms with Gasteiger partial charge in [0, 0.05) is 29.1 Å². The molecule has 1 aliphatic rings. The summed E-state index contributed by atoms with van der Waals surface area (Å²) in [4.78, 5) is 17.9. The molecule has 5 nitrogen and oxygen atoms in total. The van der Waals surface area contributed by atoms with Gasteiger partial charge in [-0.25, -0.2) is 4.79 Å². The molecule has 0 saturated heterocycles. The molecule has 1 aromatic carbocycles. The van der Waals surface area contributed by atoms with E-state index < -0.39 is 11.9 Å². The minimum Gasteiger partial charge on any atom is -0.508 e. The maximum absolute atomic E-state index is 11.9. The molecule has 2 aromatic rings. The quantitative estimate of drug-likeness (QED) is 0.902. The molecule has 1 aromatic heterocycles. The van der Waals surface area contributed by atoms with Crippen LogP contribution in [0.5, 0.6) is 5.75 Å². The number of aliphatic carboxylic acids is 1. The third kappa shape index (κ3) is 2.65. The largest absolute Gasteiger partial charge is 0.508 e. The van der Waals surface area contributed by atoms with Crippen LogP contribution in [0, 0.1) is 0 Å². The highest BCUT2D eigenvalue weighted by Gasteiger charge is 2.32. The van der Waals surface area contributed by atoms with E-state index in [4.69, 9.17) is 0 Å². The Hall–Kier alpha value is -3.08. The molecule has 2 heterocycles. The van der Waals surface area contributed by atoms with Crippen molar-refractivity contribution in [1.29, 1.82) is 0 Å². The number of allylic oxidation sites excluding steroid dienone is 3. The van der Waals surface area contributed by atoms with Crippen LogP contribution >= 0.6 is 0 Å². The zero-order valence-corrected chi connectivity index (χ0v) is 13.5. The van der Waals surface area contributed by atoms with E-state index in [2.05, 4.69) is 4.98 Å². The second-order valence-electron chi connectivity index (χ2n) is 5.70. The third-order valence-corrected chi connectivity index (χ3v) is 4.20. The Morgan fingerprint density at radius 1 is 1.17 bits per heavy atom. The smallest absolute Gasteiger partial charge is 0.334 e. The number of aromatic hydroxyl groups is 1. The summed E-state index contributed by atoms with van der Waals surface area (Å²) >= 11 is 0. The fourth-order valence-electron chi connectivity index (χ4n) is 3.18. The summed E-state index contributed by atoms with van der Waals surface area (Å²) in [5.41, 5.74) is 3.13. The molecule has 5 heteroatoms. The van der Waals surface area contributed by atoms with Crippen molar-refractivity contribution in [3.63, 3.8) is 0 Å². The molecule has 3 rings (SSSR count). The van der Waals surface area contributed by atoms with Crippen LogP contribution in [0.1, 0.15) is 25.3 Å². The number of hydrogen-bond donors (Lipinski definition) is 2. The van der Waals surface area contributed by atoms with Gasteiger partial charge < -0.3 is 15.1 Å². The average Bonchev–Trinajstić information content (AvgIpc) is 2.55. The van der Waals surface area contributed by atoms with Crippen LogP contribution in [0.3, 0.4) is 0 Å². The fourth-order valence-corrected chi connectivity index (χ4v) is 3.18. The van der Waals surface area contributed by atoms with Crippen molar-refractivity contribution >= 4 is 11.7 Å². The van der Waals surface area contributed by atoms with Gasteiger partial charge in [-0.2, -0.15) is 0 Å². The lowest BCUT2D eigenvalue weighted by Gasteiger charge is -2.34. The van der Waals surface area contributed by atoms with Crippen LogP contribution in [0.2, 0.25) is 0 Å². The molecule has 0 amide bonds. The monoisotopic (exact) mass is 322 g/mol. The number of aromatic nitrogens is 1. The molecule has 0 spiro atoms. The number of hydrogen-bond acceptors (Lipinski definition) is 4. The summed E-state index contributed by atoms with van der Waals surface area (Å²) < 4.78 is 0. The summed E-state index contributed by atoms with van der Waals surface area (Å²) in [5, 5.41) is 19.9. The molecule has 24 heavy (non-hydrogen) atoms. The van der Waals surface area contributed by atoms with E-state index in [1.165, 1.54) is 0 Å². The van der Waals surface area contributed by atoms with Gasteiger partial charge in [0.15, 0.2) is 0 Å². The van der Waals surface area contributed by atoms with Crippen molar-refractivity contribution in [2.45, 2.75) is 19.8 Å². The van der Waals surface area contributed by atoms with Crippen LogP contribution in [0.15, 0.2) is 71.8 Å². The number of benzene rings is 1. The number of para-hydroxylation sites is 1. The van der Waals surface area contributed by atoms with Crippen molar-refractivity contribution in [1.82, 2.24) is 4.98 Å². The van der Waals surface area contributed by atoms with Crippen LogP contribution in [0.4, 0.5) is 5.69 Å². The lowest BCUT2D eigenvalue weighted by atomic mass is 9.85. The molecule has 0 fully saturated rings. The van der Waals surface area contributed by atoms with Crippen molar-refractivity contribution in [2.75, 3.05) is 4.90 Å². The average molecular weight is 322 g/mol. The molecule has 1 unspecified atom stereocenters. The Kier molecular flexibility index (Phi) is 4.08. The van der Waals surface area contributed by atoms with Crippen LogP contribution < -0.4 is 4.90 Å². The number of phenols is 1. The molecule has 0 saturated carbocycles. The zero-order valence-electron chi connectivity index (χ0n) is 13.5. The molecule has 0 bridgehead atoms. The number of phenolic OH excluding ortho intramolecular Hbond substituents is 1. The molecule has 1 atom stereocenters. The Balaban J connectivity index is 2.16. The second kappa shape index (κ2) is 6.20.